The van der Waals surface area contributed by atoms with E-state index < -0.39 is 0 Å². The van der Waals surface area contributed by atoms with Gasteiger partial charge in [0, 0.05) is 22.8 Å². The molecule has 1 aliphatic carbocycles. The number of nitrogens with zero attached hydrogens (tertiary/aromatic N) is 1. The molecule has 0 aliphatic heterocycles. The van der Waals surface area contributed by atoms with E-state index in [9.17, 15) is 4.79 Å². The minimum Gasteiger partial charge on any atom is -0.353 e. The van der Waals surface area contributed by atoms with E-state index in [0.717, 1.165) is 30.3 Å². The molecule has 0 radical (unpaired) electrons. The zero-order valence-electron chi connectivity index (χ0n) is 15.0. The molecule has 0 heterocycles. The lowest BCUT2D eigenvalue weighted by Gasteiger charge is -2.21. The third-order valence-corrected chi connectivity index (χ3v) is 5.69. The molecule has 0 aromatic heterocycles. The summed E-state index contributed by atoms with van der Waals surface area (Å²) in [6.07, 6.45) is 11.3. The van der Waals surface area contributed by atoms with Crippen molar-refractivity contribution in [1.29, 1.82) is 0 Å². The highest BCUT2D eigenvalue weighted by molar-refractivity contribution is 8.00. The Balaban J connectivity index is 1.85. The van der Waals surface area contributed by atoms with Gasteiger partial charge in [-0.3, -0.25) is 4.79 Å². The van der Waals surface area contributed by atoms with Crippen LogP contribution in [0.4, 0.5) is 0 Å². The predicted molar refractivity (Wildman–Crippen MR) is 104 cm³/mol. The van der Waals surface area contributed by atoms with Crippen molar-refractivity contribution >= 4 is 23.7 Å². The van der Waals surface area contributed by atoms with Crippen molar-refractivity contribution in [2.45, 2.75) is 48.7 Å². The summed E-state index contributed by atoms with van der Waals surface area (Å²) in [7, 11) is 4.09. The number of benzene rings is 1. The Labute approximate surface area is 150 Å². The molecule has 1 aromatic rings. The monoisotopic (exact) mass is 346 g/mol. The van der Waals surface area contributed by atoms with Crippen LogP contribution in [0.1, 0.15) is 44.1 Å². The summed E-state index contributed by atoms with van der Waals surface area (Å²) < 4.78 is 0. The van der Waals surface area contributed by atoms with Crippen LogP contribution in [-0.2, 0) is 4.79 Å². The Bertz CT molecular complexity index is 536. The first-order chi connectivity index (χ1) is 11.6. The van der Waals surface area contributed by atoms with Crippen LogP contribution in [-0.4, -0.2) is 43.2 Å². The summed E-state index contributed by atoms with van der Waals surface area (Å²) >= 11 is 1.98. The molecule has 0 atom stereocenters. The molecule has 1 aromatic carbocycles. The number of carbonyl (C=O) groups excluding carboxylic acids is 1. The standard InChI is InChI=1S/C20H30N2OS/c1-22(2)16-8-15-21-20(23)14-13-17-9-6-7-12-19(17)24-18-10-4-3-5-11-18/h6-7,9,12-14,18H,3-5,8,10-11,15-16H2,1-2H3,(H,21,23)/b14-13+. The van der Waals surface area contributed by atoms with Gasteiger partial charge < -0.3 is 10.2 Å². The van der Waals surface area contributed by atoms with Crippen LogP contribution >= 0.6 is 11.8 Å². The second-order valence-electron chi connectivity index (χ2n) is 6.70. The van der Waals surface area contributed by atoms with Gasteiger partial charge in [0.1, 0.15) is 0 Å². The SMILES string of the molecule is CN(C)CCCNC(=O)/C=C/c1ccccc1SC1CCCCC1. The molecule has 0 unspecified atom stereocenters. The smallest absolute Gasteiger partial charge is 0.244 e. The molecule has 24 heavy (non-hydrogen) atoms. The van der Waals surface area contributed by atoms with Gasteiger partial charge in [0.25, 0.3) is 0 Å². The Morgan fingerprint density at radius 3 is 2.75 bits per heavy atom. The number of thioether (sulfide) groups is 1. The number of nitrogens with one attached hydrogen (secondary N) is 1. The summed E-state index contributed by atoms with van der Waals surface area (Å²) in [5.74, 6) is -0.00812. The van der Waals surface area contributed by atoms with Crippen LogP contribution in [0, 0.1) is 0 Å². The Morgan fingerprint density at radius 2 is 2.00 bits per heavy atom. The van der Waals surface area contributed by atoms with Gasteiger partial charge in [-0.2, -0.15) is 0 Å². The van der Waals surface area contributed by atoms with Crippen molar-refractivity contribution in [3.63, 3.8) is 0 Å². The molecule has 0 bridgehead atoms. The summed E-state index contributed by atoms with van der Waals surface area (Å²) in [5, 5.41) is 3.68. The van der Waals surface area contributed by atoms with Gasteiger partial charge in [0.2, 0.25) is 5.91 Å². The molecular weight excluding hydrogens is 316 g/mol. The molecule has 1 amide bonds. The highest BCUT2D eigenvalue weighted by atomic mass is 32.2. The topological polar surface area (TPSA) is 32.3 Å². The number of hydrogen-bond acceptors (Lipinski definition) is 3. The van der Waals surface area contributed by atoms with E-state index in [1.165, 1.54) is 37.0 Å². The maximum Gasteiger partial charge on any atom is 0.244 e. The second-order valence-corrected chi connectivity index (χ2v) is 8.04. The maximum absolute atomic E-state index is 11.9. The first-order valence-corrected chi connectivity index (χ1v) is 9.89. The van der Waals surface area contributed by atoms with E-state index in [0.29, 0.717) is 0 Å². The summed E-state index contributed by atoms with van der Waals surface area (Å²) in [6.45, 7) is 1.71. The average molecular weight is 347 g/mol. The van der Waals surface area contributed by atoms with E-state index in [-0.39, 0.29) is 5.91 Å². The van der Waals surface area contributed by atoms with Crippen LogP contribution < -0.4 is 5.32 Å². The molecule has 1 aliphatic rings. The van der Waals surface area contributed by atoms with E-state index >= 15 is 0 Å². The van der Waals surface area contributed by atoms with Gasteiger partial charge >= 0.3 is 0 Å². The maximum atomic E-state index is 11.9. The van der Waals surface area contributed by atoms with Gasteiger partial charge in [-0.05, 0) is 57.6 Å². The molecule has 4 heteroatoms. The Hall–Kier alpha value is -1.26. The van der Waals surface area contributed by atoms with E-state index in [1.807, 2.05) is 38.0 Å². The van der Waals surface area contributed by atoms with Crippen molar-refractivity contribution in [3.8, 4) is 0 Å². The second kappa shape index (κ2) is 10.6. The quantitative estimate of drug-likeness (QED) is 0.566. The minimum absolute atomic E-state index is 0.00812. The van der Waals surface area contributed by atoms with E-state index in [4.69, 9.17) is 0 Å². The van der Waals surface area contributed by atoms with E-state index in [2.05, 4.69) is 28.4 Å². The molecule has 132 valence electrons. The summed E-state index contributed by atoms with van der Waals surface area (Å²) in [5.41, 5.74) is 1.15. The number of rotatable bonds is 8. The van der Waals surface area contributed by atoms with Crippen molar-refractivity contribution in [2.75, 3.05) is 27.2 Å². The average Bonchev–Trinajstić information content (AvgIpc) is 2.59. The van der Waals surface area contributed by atoms with Crippen molar-refractivity contribution in [3.05, 3.63) is 35.9 Å². The lowest BCUT2D eigenvalue weighted by molar-refractivity contribution is -0.116. The lowest BCUT2D eigenvalue weighted by Crippen LogP contribution is -2.25. The minimum atomic E-state index is -0.00812. The van der Waals surface area contributed by atoms with Gasteiger partial charge in [-0.1, -0.05) is 37.5 Å². The zero-order valence-corrected chi connectivity index (χ0v) is 15.8. The highest BCUT2D eigenvalue weighted by Crippen LogP contribution is 2.35. The largest absolute Gasteiger partial charge is 0.353 e. The molecule has 0 spiro atoms. The number of carbonyl (C=O) groups is 1. The van der Waals surface area contributed by atoms with Gasteiger partial charge in [-0.25, -0.2) is 0 Å². The van der Waals surface area contributed by atoms with Gasteiger partial charge in [0.05, 0.1) is 0 Å². The Kier molecular flexibility index (Phi) is 8.40. The summed E-state index contributed by atoms with van der Waals surface area (Å²) in [4.78, 5) is 15.4. The molecule has 1 saturated carbocycles. The molecule has 1 fully saturated rings. The third kappa shape index (κ3) is 7.10. The van der Waals surface area contributed by atoms with Crippen LogP contribution in [0.5, 0.6) is 0 Å². The number of hydrogen-bond donors (Lipinski definition) is 1. The van der Waals surface area contributed by atoms with Crippen LogP contribution in [0.2, 0.25) is 0 Å². The molecule has 1 N–H and O–H groups in total. The molecule has 3 nitrogen and oxygen atoms in total. The zero-order chi connectivity index (χ0) is 17.2. The first-order valence-electron chi connectivity index (χ1n) is 9.01. The molecular formula is C20H30N2OS. The van der Waals surface area contributed by atoms with Crippen LogP contribution in [0.3, 0.4) is 0 Å². The fourth-order valence-electron chi connectivity index (χ4n) is 2.92. The van der Waals surface area contributed by atoms with Crippen molar-refractivity contribution in [1.82, 2.24) is 10.2 Å². The van der Waals surface area contributed by atoms with Gasteiger partial charge in [0.15, 0.2) is 0 Å². The normalized spacial score (nSPS) is 16.0. The fraction of sp³-hybridized carbons (Fsp3) is 0.550. The summed E-state index contributed by atoms with van der Waals surface area (Å²) in [6, 6.07) is 8.40. The third-order valence-electron chi connectivity index (χ3n) is 4.26. The molecule has 0 saturated heterocycles. The van der Waals surface area contributed by atoms with Crippen molar-refractivity contribution < 1.29 is 4.79 Å². The van der Waals surface area contributed by atoms with E-state index in [1.54, 1.807) is 6.08 Å². The van der Waals surface area contributed by atoms with Crippen LogP contribution in [0.15, 0.2) is 35.2 Å². The van der Waals surface area contributed by atoms with Gasteiger partial charge in [-0.15, -0.1) is 11.8 Å². The molecule has 2 rings (SSSR count). The van der Waals surface area contributed by atoms with Crippen molar-refractivity contribution in [2.24, 2.45) is 0 Å². The fourth-order valence-corrected chi connectivity index (χ4v) is 4.28. The Morgan fingerprint density at radius 1 is 1.25 bits per heavy atom. The number of amides is 1. The first kappa shape index (κ1) is 19.1. The lowest BCUT2D eigenvalue weighted by atomic mass is 10.0. The highest BCUT2D eigenvalue weighted by Gasteiger charge is 2.15. The van der Waals surface area contributed by atoms with Crippen LogP contribution in [0.25, 0.3) is 6.08 Å². The predicted octanol–water partition coefficient (Wildman–Crippen LogP) is 4.19.